The zero-order valence-electron chi connectivity index (χ0n) is 9.64. The number of rotatable bonds is 3. The van der Waals surface area contributed by atoms with Crippen LogP contribution in [0.25, 0.3) is 10.9 Å². The van der Waals surface area contributed by atoms with Gasteiger partial charge in [0.1, 0.15) is 0 Å². The van der Waals surface area contributed by atoms with E-state index in [2.05, 4.69) is 63.7 Å². The van der Waals surface area contributed by atoms with Crippen molar-refractivity contribution in [2.45, 2.75) is 6.54 Å². The Morgan fingerprint density at radius 2 is 2.29 bits per heavy atom. The predicted octanol–water partition coefficient (Wildman–Crippen LogP) is 2.51. The summed E-state index contributed by atoms with van der Waals surface area (Å²) in [6.45, 7) is 0.823. The van der Waals surface area contributed by atoms with E-state index in [4.69, 9.17) is 0 Å². The third-order valence-corrected chi connectivity index (χ3v) is 2.97. The Kier molecular flexibility index (Phi) is 2.33. The molecule has 0 unspecified atom stereocenters. The predicted molar refractivity (Wildman–Crippen MR) is 68.8 cm³/mol. The molecule has 0 atom stereocenters. The molecular formula is C13H14N4. The van der Waals surface area contributed by atoms with Gasteiger partial charge >= 0.3 is 0 Å². The number of H-pyrrole nitrogens is 1. The molecule has 0 fully saturated rings. The van der Waals surface area contributed by atoms with Crippen molar-refractivity contribution in [2.24, 2.45) is 7.05 Å². The largest absolute Gasteiger partial charge is 0.379 e. The van der Waals surface area contributed by atoms with E-state index in [9.17, 15) is 0 Å². The molecule has 0 bridgehead atoms. The van der Waals surface area contributed by atoms with Crippen LogP contribution in [0.4, 0.5) is 5.69 Å². The third-order valence-electron chi connectivity index (χ3n) is 2.97. The zero-order valence-corrected chi connectivity index (χ0v) is 9.64. The maximum absolute atomic E-state index is 4.01. The van der Waals surface area contributed by atoms with Gasteiger partial charge in [0, 0.05) is 30.0 Å². The van der Waals surface area contributed by atoms with Crippen molar-refractivity contribution < 1.29 is 0 Å². The number of aromatic nitrogens is 3. The monoisotopic (exact) mass is 226 g/mol. The lowest BCUT2D eigenvalue weighted by Crippen LogP contribution is -2.03. The van der Waals surface area contributed by atoms with Gasteiger partial charge in [0.25, 0.3) is 0 Å². The lowest BCUT2D eigenvalue weighted by atomic mass is 10.2. The summed E-state index contributed by atoms with van der Waals surface area (Å²) in [5.41, 5.74) is 3.42. The van der Waals surface area contributed by atoms with Gasteiger partial charge in [-0.25, -0.2) is 0 Å². The molecule has 2 N–H and O–H groups in total. The number of aromatic amines is 1. The fourth-order valence-corrected chi connectivity index (χ4v) is 1.92. The molecule has 1 aromatic carbocycles. The van der Waals surface area contributed by atoms with Gasteiger partial charge in [0.05, 0.1) is 18.3 Å². The van der Waals surface area contributed by atoms with Crippen LogP contribution in [0.5, 0.6) is 0 Å². The second kappa shape index (κ2) is 3.97. The molecule has 4 heteroatoms. The van der Waals surface area contributed by atoms with Crippen LogP contribution in [-0.2, 0) is 13.6 Å². The Morgan fingerprint density at radius 1 is 1.35 bits per heavy atom. The van der Waals surface area contributed by atoms with Gasteiger partial charge in [0.15, 0.2) is 0 Å². The molecule has 3 aromatic rings. The van der Waals surface area contributed by atoms with Crippen LogP contribution >= 0.6 is 0 Å². The fraction of sp³-hybridized carbons (Fsp3) is 0.154. The number of anilines is 1. The second-order valence-corrected chi connectivity index (χ2v) is 4.14. The first-order chi connectivity index (χ1) is 8.33. The minimum absolute atomic E-state index is 0.823. The molecule has 0 aliphatic rings. The summed E-state index contributed by atoms with van der Waals surface area (Å²) in [7, 11) is 2.05. The number of hydrogen-bond acceptors (Lipinski definition) is 2. The summed E-state index contributed by atoms with van der Waals surface area (Å²) >= 11 is 0. The second-order valence-electron chi connectivity index (χ2n) is 4.14. The summed E-state index contributed by atoms with van der Waals surface area (Å²) in [6, 6.07) is 10.4. The maximum atomic E-state index is 4.01. The highest BCUT2D eigenvalue weighted by molar-refractivity contribution is 5.81. The molecule has 17 heavy (non-hydrogen) atoms. The van der Waals surface area contributed by atoms with Crippen molar-refractivity contribution in [1.29, 1.82) is 0 Å². The Morgan fingerprint density at radius 3 is 3.12 bits per heavy atom. The van der Waals surface area contributed by atoms with Gasteiger partial charge in [-0.05, 0) is 30.3 Å². The first kappa shape index (κ1) is 9.96. The smallest absolute Gasteiger partial charge is 0.0670 e. The minimum atomic E-state index is 0.823. The highest BCUT2D eigenvalue weighted by Gasteiger charge is 1.99. The Hall–Kier alpha value is -2.23. The quantitative estimate of drug-likeness (QED) is 0.720. The van der Waals surface area contributed by atoms with Gasteiger partial charge in [-0.2, -0.15) is 5.10 Å². The highest BCUT2D eigenvalue weighted by atomic mass is 15.1. The first-order valence-corrected chi connectivity index (χ1v) is 5.60. The first-order valence-electron chi connectivity index (χ1n) is 5.60. The average molecular weight is 226 g/mol. The van der Waals surface area contributed by atoms with Crippen molar-refractivity contribution in [2.75, 3.05) is 5.32 Å². The zero-order chi connectivity index (χ0) is 11.7. The molecule has 2 aromatic heterocycles. The van der Waals surface area contributed by atoms with Crippen LogP contribution in [-0.4, -0.2) is 14.8 Å². The summed E-state index contributed by atoms with van der Waals surface area (Å²) in [5.74, 6) is 0. The van der Waals surface area contributed by atoms with E-state index in [-0.39, 0.29) is 0 Å². The van der Waals surface area contributed by atoms with Crippen LogP contribution in [0.15, 0.2) is 42.7 Å². The van der Waals surface area contributed by atoms with Crippen LogP contribution in [0.1, 0.15) is 5.69 Å². The van der Waals surface area contributed by atoms with E-state index in [1.54, 1.807) is 0 Å². The number of hydrogen-bond donors (Lipinski definition) is 2. The molecule has 3 rings (SSSR count). The lowest BCUT2D eigenvalue weighted by Gasteiger charge is -2.07. The fourth-order valence-electron chi connectivity index (χ4n) is 1.92. The number of aryl methyl sites for hydroxylation is 1. The number of benzene rings is 1. The molecule has 0 radical (unpaired) electrons. The van der Waals surface area contributed by atoms with E-state index in [1.807, 2.05) is 6.20 Å². The summed E-state index contributed by atoms with van der Waals surface area (Å²) in [5, 5.41) is 11.5. The molecule has 0 saturated carbocycles. The maximum Gasteiger partial charge on any atom is 0.0670 e. The van der Waals surface area contributed by atoms with Crippen LogP contribution < -0.4 is 5.32 Å². The van der Waals surface area contributed by atoms with Crippen molar-refractivity contribution >= 4 is 16.6 Å². The Bertz CT molecular complexity index is 635. The van der Waals surface area contributed by atoms with Crippen LogP contribution in [0, 0.1) is 0 Å². The van der Waals surface area contributed by atoms with Crippen molar-refractivity contribution in [3.05, 3.63) is 48.4 Å². The number of nitrogens with zero attached hydrogens (tertiary/aromatic N) is 2. The van der Waals surface area contributed by atoms with E-state index in [0.717, 1.165) is 23.1 Å². The summed E-state index contributed by atoms with van der Waals surface area (Å²) in [4.78, 5) is 0. The minimum Gasteiger partial charge on any atom is -0.379 e. The Labute approximate surface area is 99.3 Å². The lowest BCUT2D eigenvalue weighted by molar-refractivity contribution is 0.842. The van der Waals surface area contributed by atoms with Gasteiger partial charge in [-0.1, -0.05) is 0 Å². The van der Waals surface area contributed by atoms with Gasteiger partial charge in [0.2, 0.25) is 0 Å². The normalized spacial score (nSPS) is 10.9. The molecule has 86 valence electrons. The topological polar surface area (TPSA) is 45.6 Å². The van der Waals surface area contributed by atoms with Gasteiger partial charge < -0.3 is 9.88 Å². The van der Waals surface area contributed by atoms with E-state index in [1.165, 1.54) is 5.69 Å². The molecular weight excluding hydrogens is 212 g/mol. The van der Waals surface area contributed by atoms with Crippen molar-refractivity contribution in [3.63, 3.8) is 0 Å². The third kappa shape index (κ3) is 1.89. The molecule has 0 aliphatic heterocycles. The molecule has 0 spiro atoms. The molecule has 0 aliphatic carbocycles. The summed E-state index contributed by atoms with van der Waals surface area (Å²) in [6.07, 6.45) is 3.88. The van der Waals surface area contributed by atoms with Gasteiger partial charge in [-0.3, -0.25) is 5.10 Å². The molecule has 0 saturated heterocycles. The molecule has 4 nitrogen and oxygen atoms in total. The van der Waals surface area contributed by atoms with Crippen molar-refractivity contribution in [3.8, 4) is 0 Å². The number of fused-ring (bicyclic) bond motifs is 1. The SMILES string of the molecule is Cn1cccc1CNc1ccc2cn[nH]c2c1. The molecule has 0 amide bonds. The summed E-state index contributed by atoms with van der Waals surface area (Å²) < 4.78 is 2.11. The molecule has 2 heterocycles. The van der Waals surface area contributed by atoms with Crippen molar-refractivity contribution in [1.82, 2.24) is 14.8 Å². The van der Waals surface area contributed by atoms with E-state index < -0.39 is 0 Å². The number of nitrogens with one attached hydrogen (secondary N) is 2. The van der Waals surface area contributed by atoms with Gasteiger partial charge in [-0.15, -0.1) is 0 Å². The van der Waals surface area contributed by atoms with Crippen LogP contribution in [0.2, 0.25) is 0 Å². The average Bonchev–Trinajstić information content (AvgIpc) is 2.94. The van der Waals surface area contributed by atoms with E-state index >= 15 is 0 Å². The highest BCUT2D eigenvalue weighted by Crippen LogP contribution is 2.17. The van der Waals surface area contributed by atoms with Crippen LogP contribution in [0.3, 0.4) is 0 Å². The van der Waals surface area contributed by atoms with E-state index in [0.29, 0.717) is 0 Å². The Balaban J connectivity index is 1.78. The standard InChI is InChI=1S/C13H14N4/c1-17-6-2-3-12(17)9-14-11-5-4-10-8-15-16-13(10)7-11/h2-8,14H,9H2,1H3,(H,15,16).